The van der Waals surface area contributed by atoms with Crippen molar-refractivity contribution in [1.29, 1.82) is 0 Å². The molecule has 1 rings (SSSR count). The van der Waals surface area contributed by atoms with E-state index in [1.807, 2.05) is 26.8 Å². The summed E-state index contributed by atoms with van der Waals surface area (Å²) in [5.74, 6) is 1.35. The Morgan fingerprint density at radius 1 is 1.11 bits per heavy atom. The van der Waals surface area contributed by atoms with Crippen LogP contribution < -0.4 is 9.47 Å². The van der Waals surface area contributed by atoms with Crippen LogP contribution in [0.2, 0.25) is 5.02 Å². The van der Waals surface area contributed by atoms with Crippen molar-refractivity contribution >= 4 is 17.3 Å². The van der Waals surface area contributed by atoms with Crippen molar-refractivity contribution in [3.8, 4) is 11.5 Å². The molecule has 0 radical (unpaired) electrons. The van der Waals surface area contributed by atoms with Crippen LogP contribution in [-0.4, -0.2) is 26.5 Å². The minimum absolute atomic E-state index is 0.570. The number of hydrogen-bond donors (Lipinski definition) is 0. The van der Waals surface area contributed by atoms with Crippen LogP contribution in [0.15, 0.2) is 17.1 Å². The van der Waals surface area contributed by atoms with Crippen molar-refractivity contribution < 1.29 is 9.47 Å². The first-order valence-corrected chi connectivity index (χ1v) is 7.00. The number of halogens is 1. The SMILES string of the molecule is CC.CCN=C(CC)c1cc(Cl)c(OC)cc1OC. The van der Waals surface area contributed by atoms with Gasteiger partial charge in [-0.15, -0.1) is 0 Å². The van der Waals surface area contributed by atoms with E-state index in [1.54, 1.807) is 20.3 Å². The maximum Gasteiger partial charge on any atom is 0.141 e. The molecule has 0 saturated carbocycles. The molecular weight excluding hydrogens is 262 g/mol. The molecule has 0 saturated heterocycles. The Balaban J connectivity index is 0.00000154. The summed E-state index contributed by atoms with van der Waals surface area (Å²) < 4.78 is 10.5. The molecule has 0 heterocycles. The lowest BCUT2D eigenvalue weighted by molar-refractivity contribution is 0.394. The van der Waals surface area contributed by atoms with E-state index < -0.39 is 0 Å². The second-order valence-corrected chi connectivity index (χ2v) is 3.87. The molecule has 0 atom stereocenters. The zero-order valence-electron chi connectivity index (χ0n) is 12.7. The lowest BCUT2D eigenvalue weighted by atomic mass is 10.1. The van der Waals surface area contributed by atoms with Gasteiger partial charge in [-0.3, -0.25) is 4.99 Å². The van der Waals surface area contributed by atoms with E-state index in [1.165, 1.54) is 0 Å². The van der Waals surface area contributed by atoms with E-state index >= 15 is 0 Å². The number of ether oxygens (including phenoxy) is 2. The van der Waals surface area contributed by atoms with Gasteiger partial charge in [0, 0.05) is 23.9 Å². The summed E-state index contributed by atoms with van der Waals surface area (Å²) in [6.45, 7) is 8.81. The highest BCUT2D eigenvalue weighted by atomic mass is 35.5. The van der Waals surface area contributed by atoms with Crippen LogP contribution in [0.4, 0.5) is 0 Å². The molecule has 0 fully saturated rings. The summed E-state index contributed by atoms with van der Waals surface area (Å²) in [6, 6.07) is 3.63. The third-order valence-electron chi connectivity index (χ3n) is 2.47. The highest BCUT2D eigenvalue weighted by molar-refractivity contribution is 6.32. The molecule has 3 nitrogen and oxygen atoms in total. The van der Waals surface area contributed by atoms with Crippen LogP contribution in [0, 0.1) is 0 Å². The van der Waals surface area contributed by atoms with E-state index in [-0.39, 0.29) is 0 Å². The molecule has 0 bridgehead atoms. The van der Waals surface area contributed by atoms with Crippen molar-refractivity contribution in [3.63, 3.8) is 0 Å². The van der Waals surface area contributed by atoms with Gasteiger partial charge in [0.1, 0.15) is 11.5 Å². The Morgan fingerprint density at radius 2 is 1.68 bits per heavy atom. The first-order chi connectivity index (χ1) is 9.17. The van der Waals surface area contributed by atoms with Crippen molar-refractivity contribution in [2.75, 3.05) is 20.8 Å². The quantitative estimate of drug-likeness (QED) is 0.740. The molecule has 0 aliphatic carbocycles. The van der Waals surface area contributed by atoms with Crippen molar-refractivity contribution in [3.05, 3.63) is 22.7 Å². The molecule has 0 aliphatic rings. The van der Waals surface area contributed by atoms with Gasteiger partial charge in [0.15, 0.2) is 0 Å². The molecule has 0 aliphatic heterocycles. The Hall–Kier alpha value is -1.22. The topological polar surface area (TPSA) is 30.8 Å². The smallest absolute Gasteiger partial charge is 0.141 e. The first kappa shape index (κ1) is 17.8. The molecule has 1 aromatic carbocycles. The van der Waals surface area contributed by atoms with Crippen LogP contribution in [-0.2, 0) is 0 Å². The Morgan fingerprint density at radius 3 is 2.11 bits per heavy atom. The summed E-state index contributed by atoms with van der Waals surface area (Å²) in [5, 5.41) is 0.570. The minimum Gasteiger partial charge on any atom is -0.496 e. The number of nitrogens with zero attached hydrogens (tertiary/aromatic N) is 1. The van der Waals surface area contributed by atoms with E-state index in [0.717, 1.165) is 30.0 Å². The molecule has 108 valence electrons. The summed E-state index contributed by atoms with van der Waals surface area (Å²) in [6.07, 6.45) is 0.840. The third kappa shape index (κ3) is 4.75. The minimum atomic E-state index is 0.570. The molecule has 0 unspecified atom stereocenters. The fraction of sp³-hybridized carbons (Fsp3) is 0.533. The van der Waals surface area contributed by atoms with Crippen LogP contribution in [0.25, 0.3) is 0 Å². The molecule has 0 spiro atoms. The molecule has 1 aromatic rings. The van der Waals surface area contributed by atoms with Crippen LogP contribution in [0.1, 0.15) is 39.7 Å². The summed E-state index contributed by atoms with van der Waals surface area (Å²) >= 11 is 6.12. The van der Waals surface area contributed by atoms with Crippen LogP contribution in [0.3, 0.4) is 0 Å². The normalized spacial score (nSPS) is 10.6. The third-order valence-corrected chi connectivity index (χ3v) is 2.76. The summed E-state index contributed by atoms with van der Waals surface area (Å²) in [4.78, 5) is 4.46. The lowest BCUT2D eigenvalue weighted by Gasteiger charge is -2.13. The molecule has 4 heteroatoms. The van der Waals surface area contributed by atoms with Crippen molar-refractivity contribution in [2.45, 2.75) is 34.1 Å². The Bertz CT molecular complexity index is 417. The van der Waals surface area contributed by atoms with Crippen molar-refractivity contribution in [1.82, 2.24) is 0 Å². The van der Waals surface area contributed by atoms with Crippen LogP contribution in [0.5, 0.6) is 11.5 Å². The van der Waals surface area contributed by atoms with Gasteiger partial charge in [-0.1, -0.05) is 32.4 Å². The highest BCUT2D eigenvalue weighted by Gasteiger charge is 2.13. The van der Waals surface area contributed by atoms with Gasteiger partial charge in [-0.25, -0.2) is 0 Å². The average molecular weight is 286 g/mol. The maximum absolute atomic E-state index is 6.12. The zero-order chi connectivity index (χ0) is 14.8. The second-order valence-electron chi connectivity index (χ2n) is 3.46. The maximum atomic E-state index is 6.12. The molecule has 19 heavy (non-hydrogen) atoms. The number of hydrogen-bond acceptors (Lipinski definition) is 3. The van der Waals surface area contributed by atoms with Gasteiger partial charge in [0.05, 0.1) is 19.2 Å². The Labute approximate surface area is 121 Å². The van der Waals surface area contributed by atoms with Gasteiger partial charge < -0.3 is 9.47 Å². The highest BCUT2D eigenvalue weighted by Crippen LogP contribution is 2.33. The zero-order valence-corrected chi connectivity index (χ0v) is 13.5. The van der Waals surface area contributed by atoms with Gasteiger partial charge >= 0.3 is 0 Å². The fourth-order valence-corrected chi connectivity index (χ4v) is 1.90. The Kier molecular flexibility index (Phi) is 9.06. The second kappa shape index (κ2) is 9.68. The predicted octanol–water partition coefficient (Wildman–Crippen LogP) is 4.60. The predicted molar refractivity (Wildman–Crippen MR) is 83.3 cm³/mol. The van der Waals surface area contributed by atoms with E-state index in [4.69, 9.17) is 21.1 Å². The van der Waals surface area contributed by atoms with E-state index in [9.17, 15) is 0 Å². The summed E-state index contributed by atoms with van der Waals surface area (Å²) in [5.41, 5.74) is 1.93. The monoisotopic (exact) mass is 285 g/mol. The van der Waals surface area contributed by atoms with Gasteiger partial charge in [0.2, 0.25) is 0 Å². The van der Waals surface area contributed by atoms with E-state index in [0.29, 0.717) is 10.8 Å². The average Bonchev–Trinajstić information content (AvgIpc) is 2.46. The molecule has 0 N–H and O–H groups in total. The first-order valence-electron chi connectivity index (χ1n) is 6.63. The van der Waals surface area contributed by atoms with Crippen LogP contribution >= 0.6 is 11.6 Å². The molecule has 0 aromatic heterocycles. The number of methoxy groups -OCH3 is 2. The lowest BCUT2D eigenvalue weighted by Crippen LogP contribution is -2.04. The fourth-order valence-electron chi connectivity index (χ4n) is 1.66. The van der Waals surface area contributed by atoms with Gasteiger partial charge in [0.25, 0.3) is 0 Å². The molecule has 0 amide bonds. The number of benzene rings is 1. The number of aliphatic imine (C=N–C) groups is 1. The largest absolute Gasteiger partial charge is 0.496 e. The van der Waals surface area contributed by atoms with Crippen molar-refractivity contribution in [2.24, 2.45) is 4.99 Å². The standard InChI is InChI=1S/C13H18ClNO2.C2H6/c1-5-11(15-6-2)9-7-10(14)13(17-4)8-12(9)16-3;1-2/h7-8H,5-6H2,1-4H3;1-2H3. The van der Waals surface area contributed by atoms with Gasteiger partial charge in [-0.2, -0.15) is 0 Å². The van der Waals surface area contributed by atoms with Gasteiger partial charge in [-0.05, 0) is 19.4 Å². The summed E-state index contributed by atoms with van der Waals surface area (Å²) in [7, 11) is 3.21. The van der Waals surface area contributed by atoms with E-state index in [2.05, 4.69) is 11.9 Å². The number of rotatable bonds is 5. The molecular formula is C15H24ClNO2.